The number of imide groups is 1. The number of hydrogen-bond donors (Lipinski definition) is 1. The van der Waals surface area contributed by atoms with Crippen LogP contribution in [0.25, 0.3) is 0 Å². The lowest BCUT2D eigenvalue weighted by Gasteiger charge is -2.34. The third kappa shape index (κ3) is 3.94. The lowest BCUT2D eigenvalue weighted by atomic mass is 10.1. The smallest absolute Gasteiger partial charge is 0.286 e. The second-order valence-electron chi connectivity index (χ2n) is 7.08. The van der Waals surface area contributed by atoms with Crippen molar-refractivity contribution in [1.29, 1.82) is 0 Å². The highest BCUT2D eigenvalue weighted by molar-refractivity contribution is 8.15. The summed E-state index contributed by atoms with van der Waals surface area (Å²) in [6.45, 7) is 3.30. The molecule has 2 amide bonds. The Kier molecular flexibility index (Phi) is 5.17. The molecule has 0 spiro atoms. The highest BCUT2D eigenvalue weighted by atomic mass is 32.2. The van der Waals surface area contributed by atoms with Gasteiger partial charge in [0.25, 0.3) is 5.24 Å². The van der Waals surface area contributed by atoms with E-state index < -0.39 is 0 Å². The Morgan fingerprint density at radius 1 is 1.21 bits per heavy atom. The van der Waals surface area contributed by atoms with Crippen molar-refractivity contribution in [1.82, 2.24) is 5.32 Å². The summed E-state index contributed by atoms with van der Waals surface area (Å²) in [6, 6.07) is 13.7. The minimum Gasteiger partial charge on any atom is -0.490 e. The molecule has 2 aromatic rings. The first kappa shape index (κ1) is 18.7. The molecule has 0 aliphatic carbocycles. The van der Waals surface area contributed by atoms with E-state index in [1.165, 1.54) is 5.56 Å². The summed E-state index contributed by atoms with van der Waals surface area (Å²) in [7, 11) is 2.07. The first-order valence-corrected chi connectivity index (χ1v) is 10.1. The zero-order chi connectivity index (χ0) is 19.7. The van der Waals surface area contributed by atoms with Crippen LogP contribution < -0.4 is 19.7 Å². The Balaban J connectivity index is 1.33. The first-order chi connectivity index (χ1) is 13.5. The van der Waals surface area contributed by atoms with Crippen LogP contribution in [-0.2, 0) is 11.2 Å². The van der Waals surface area contributed by atoms with E-state index in [1.807, 2.05) is 36.4 Å². The number of hydrogen-bond acceptors (Lipinski definition) is 6. The van der Waals surface area contributed by atoms with Gasteiger partial charge in [-0.3, -0.25) is 14.9 Å². The van der Waals surface area contributed by atoms with Gasteiger partial charge in [-0.15, -0.1) is 0 Å². The van der Waals surface area contributed by atoms with Gasteiger partial charge < -0.3 is 14.4 Å². The lowest BCUT2D eigenvalue weighted by molar-refractivity contribution is -0.118. The van der Waals surface area contributed by atoms with E-state index in [0.29, 0.717) is 13.0 Å². The topological polar surface area (TPSA) is 67.9 Å². The van der Waals surface area contributed by atoms with E-state index in [1.54, 1.807) is 0 Å². The van der Waals surface area contributed by atoms with Gasteiger partial charge >= 0.3 is 0 Å². The molecule has 146 valence electrons. The summed E-state index contributed by atoms with van der Waals surface area (Å²) >= 11 is 1.05. The number of aryl methyl sites for hydroxylation is 1. The fourth-order valence-corrected chi connectivity index (χ4v) is 4.43. The fraction of sp³-hybridized carbons (Fsp3) is 0.333. The predicted molar refractivity (Wildman–Crippen MR) is 109 cm³/mol. The fourth-order valence-electron chi connectivity index (χ4n) is 3.57. The van der Waals surface area contributed by atoms with Crippen LogP contribution in [0.2, 0.25) is 0 Å². The minimum atomic E-state index is -0.353. The quantitative estimate of drug-likeness (QED) is 0.835. The van der Waals surface area contributed by atoms with E-state index in [4.69, 9.17) is 9.47 Å². The molecule has 0 aromatic heterocycles. The van der Waals surface area contributed by atoms with E-state index in [0.717, 1.165) is 41.1 Å². The number of thioether (sulfide) groups is 1. The summed E-state index contributed by atoms with van der Waals surface area (Å²) in [5.74, 6) is 1.42. The van der Waals surface area contributed by atoms with Crippen molar-refractivity contribution >= 4 is 28.6 Å². The number of nitrogens with zero attached hydrogens (tertiary/aromatic N) is 1. The number of nitrogens with one attached hydrogen (secondary N) is 1. The molecule has 2 aromatic carbocycles. The number of fused-ring (bicyclic) bond motifs is 1. The van der Waals surface area contributed by atoms with E-state index >= 15 is 0 Å². The Hall–Kier alpha value is -2.67. The molecule has 4 rings (SSSR count). The molecule has 0 bridgehead atoms. The molecule has 1 fully saturated rings. The van der Waals surface area contributed by atoms with Crippen molar-refractivity contribution in [2.75, 3.05) is 25.1 Å². The molecule has 2 aliphatic rings. The standard InChI is InChI=1S/C21H22N2O4S/c1-13-4-3-5-17-19(13)23(2)11-16(27-17)12-26-15-8-6-14(7-9-15)10-18-20(24)22-21(25)28-18/h3-9,16,18H,10-12H2,1-2H3,(H,22,24,25). The van der Waals surface area contributed by atoms with Gasteiger partial charge in [0.2, 0.25) is 5.91 Å². The largest absolute Gasteiger partial charge is 0.490 e. The normalized spacial score (nSPS) is 21.1. The number of anilines is 1. The average Bonchev–Trinajstić information content (AvgIpc) is 2.98. The van der Waals surface area contributed by atoms with Crippen LogP contribution in [0.4, 0.5) is 10.5 Å². The monoisotopic (exact) mass is 398 g/mol. The van der Waals surface area contributed by atoms with Gasteiger partial charge in [-0.05, 0) is 42.7 Å². The van der Waals surface area contributed by atoms with E-state index in [2.05, 4.69) is 30.3 Å². The molecule has 28 heavy (non-hydrogen) atoms. The second-order valence-corrected chi connectivity index (χ2v) is 8.26. The lowest BCUT2D eigenvalue weighted by Crippen LogP contribution is -2.41. The van der Waals surface area contributed by atoms with E-state index in [-0.39, 0.29) is 22.5 Å². The summed E-state index contributed by atoms with van der Waals surface area (Å²) in [5.41, 5.74) is 3.33. The van der Waals surface area contributed by atoms with Crippen LogP contribution in [0.15, 0.2) is 42.5 Å². The number of benzene rings is 2. The third-order valence-corrected chi connectivity index (χ3v) is 5.88. The molecule has 1 saturated heterocycles. The molecule has 2 unspecified atom stereocenters. The maximum atomic E-state index is 11.7. The van der Waals surface area contributed by atoms with Crippen LogP contribution in [-0.4, -0.2) is 42.7 Å². The highest BCUT2D eigenvalue weighted by Gasteiger charge is 2.31. The Morgan fingerprint density at radius 3 is 2.71 bits per heavy atom. The average molecular weight is 398 g/mol. The number of likely N-dealkylation sites (N-methyl/N-ethyl adjacent to an activating group) is 1. The summed E-state index contributed by atoms with van der Waals surface area (Å²) < 4.78 is 12.0. The highest BCUT2D eigenvalue weighted by Crippen LogP contribution is 2.35. The molecule has 2 atom stereocenters. The van der Waals surface area contributed by atoms with Gasteiger partial charge in [0.1, 0.15) is 24.2 Å². The van der Waals surface area contributed by atoms with Crippen molar-refractivity contribution in [3.05, 3.63) is 53.6 Å². The minimum absolute atomic E-state index is 0.0522. The molecule has 0 radical (unpaired) electrons. The molecule has 2 aliphatic heterocycles. The molecule has 6 nitrogen and oxygen atoms in total. The maximum Gasteiger partial charge on any atom is 0.286 e. The maximum absolute atomic E-state index is 11.7. The van der Waals surface area contributed by atoms with Crippen LogP contribution in [0.5, 0.6) is 11.5 Å². The number of ether oxygens (including phenoxy) is 2. The number of carbonyl (C=O) groups is 2. The third-order valence-electron chi connectivity index (χ3n) is 4.90. The van der Waals surface area contributed by atoms with Crippen LogP contribution in [0.3, 0.4) is 0 Å². The molecular formula is C21H22N2O4S. The molecule has 2 heterocycles. The summed E-state index contributed by atoms with van der Waals surface area (Å²) in [4.78, 5) is 25.1. The van der Waals surface area contributed by atoms with E-state index in [9.17, 15) is 9.59 Å². The van der Waals surface area contributed by atoms with Crippen molar-refractivity contribution in [2.24, 2.45) is 0 Å². The van der Waals surface area contributed by atoms with Crippen molar-refractivity contribution in [3.8, 4) is 11.5 Å². The van der Waals surface area contributed by atoms with Gasteiger partial charge in [-0.2, -0.15) is 0 Å². The molecule has 7 heteroatoms. The SMILES string of the molecule is Cc1cccc2c1N(C)CC(COc1ccc(CC3SC(=O)NC3=O)cc1)O2. The van der Waals surface area contributed by atoms with Crippen molar-refractivity contribution < 1.29 is 19.1 Å². The van der Waals surface area contributed by atoms with Crippen molar-refractivity contribution in [2.45, 2.75) is 24.7 Å². The second kappa shape index (κ2) is 7.75. The number of rotatable bonds is 5. The molecule has 1 N–H and O–H groups in total. The zero-order valence-electron chi connectivity index (χ0n) is 15.8. The van der Waals surface area contributed by atoms with Gasteiger partial charge in [-0.1, -0.05) is 36.0 Å². The summed E-state index contributed by atoms with van der Waals surface area (Å²) in [6.07, 6.45) is 0.471. The van der Waals surface area contributed by atoms with Crippen LogP contribution in [0, 0.1) is 6.92 Å². The Morgan fingerprint density at radius 2 is 2.00 bits per heavy atom. The number of carbonyl (C=O) groups excluding carboxylic acids is 2. The molecular weight excluding hydrogens is 376 g/mol. The van der Waals surface area contributed by atoms with Gasteiger partial charge in [0.15, 0.2) is 0 Å². The van der Waals surface area contributed by atoms with Gasteiger partial charge in [0.05, 0.1) is 17.5 Å². The van der Waals surface area contributed by atoms with Crippen molar-refractivity contribution in [3.63, 3.8) is 0 Å². The van der Waals surface area contributed by atoms with Crippen LogP contribution >= 0.6 is 11.8 Å². The number of amides is 2. The zero-order valence-corrected chi connectivity index (χ0v) is 16.6. The Bertz CT molecular complexity index is 900. The van der Waals surface area contributed by atoms with Crippen LogP contribution in [0.1, 0.15) is 11.1 Å². The van der Waals surface area contributed by atoms with Gasteiger partial charge in [0, 0.05) is 7.05 Å². The molecule has 0 saturated carbocycles. The summed E-state index contributed by atoms with van der Waals surface area (Å²) in [5, 5.41) is 1.69. The first-order valence-electron chi connectivity index (χ1n) is 9.20. The Labute approximate surface area is 168 Å². The number of para-hydroxylation sites is 1. The predicted octanol–water partition coefficient (Wildman–Crippen LogP) is 3.17. The van der Waals surface area contributed by atoms with Gasteiger partial charge in [-0.25, -0.2) is 0 Å².